The normalized spacial score (nSPS) is 12.9. The minimum absolute atomic E-state index is 0.0254. The molecule has 0 heterocycles. The molecule has 2 aromatic carbocycles. The van der Waals surface area contributed by atoms with Gasteiger partial charge in [-0.25, -0.2) is 8.42 Å². The van der Waals surface area contributed by atoms with Gasteiger partial charge in [0.25, 0.3) is 0 Å². The second kappa shape index (κ2) is 15.0. The lowest BCUT2D eigenvalue weighted by Crippen LogP contribution is -2.50. The number of carbonyl (C=O) groups is 2. The van der Waals surface area contributed by atoms with Crippen LogP contribution in [0.25, 0.3) is 0 Å². The van der Waals surface area contributed by atoms with Crippen molar-refractivity contribution in [2.24, 2.45) is 0 Å². The van der Waals surface area contributed by atoms with Crippen LogP contribution in [0.2, 0.25) is 5.02 Å². The lowest BCUT2D eigenvalue weighted by molar-refractivity contribution is -0.141. The fraction of sp³-hybridized carbons (Fsp3) is 0.500. The standard InChI is InChI=1S/C28H40ClN3O5S/c1-6-21(4)30-28(34)24(7-2)31(20-22-14-9-10-15-23(22)29)27(33)18-13-19-32(38(5,35)36)25-16-11-12-17-26(25)37-8-3/h9-12,14-17,21,24H,6-8,13,18-20H2,1-5H3,(H,30,34). The van der Waals surface area contributed by atoms with Crippen molar-refractivity contribution in [2.75, 3.05) is 23.7 Å². The number of ether oxygens (including phenoxy) is 1. The van der Waals surface area contributed by atoms with E-state index in [9.17, 15) is 18.0 Å². The van der Waals surface area contributed by atoms with Crippen LogP contribution >= 0.6 is 11.6 Å². The van der Waals surface area contributed by atoms with E-state index in [-0.39, 0.29) is 43.8 Å². The number of nitrogens with zero attached hydrogens (tertiary/aromatic N) is 2. The molecule has 0 bridgehead atoms. The summed E-state index contributed by atoms with van der Waals surface area (Å²) in [5.74, 6) is -0.00636. The lowest BCUT2D eigenvalue weighted by Gasteiger charge is -2.32. The molecule has 0 radical (unpaired) electrons. The quantitative estimate of drug-likeness (QED) is 0.327. The van der Waals surface area contributed by atoms with Crippen molar-refractivity contribution in [1.82, 2.24) is 10.2 Å². The molecule has 0 aliphatic rings. The fourth-order valence-electron chi connectivity index (χ4n) is 4.09. The van der Waals surface area contributed by atoms with E-state index < -0.39 is 16.1 Å². The number of amides is 2. The summed E-state index contributed by atoms with van der Waals surface area (Å²) in [5.41, 5.74) is 1.16. The maximum atomic E-state index is 13.6. The highest BCUT2D eigenvalue weighted by molar-refractivity contribution is 7.92. The van der Waals surface area contributed by atoms with Crippen molar-refractivity contribution in [2.45, 2.75) is 72.0 Å². The first-order valence-corrected chi connectivity index (χ1v) is 15.3. The molecule has 0 saturated heterocycles. The zero-order valence-electron chi connectivity index (χ0n) is 22.9. The highest BCUT2D eigenvalue weighted by Gasteiger charge is 2.30. The van der Waals surface area contributed by atoms with Crippen LogP contribution in [0, 0.1) is 0 Å². The van der Waals surface area contributed by atoms with Gasteiger partial charge in [0.05, 0.1) is 18.6 Å². The number of hydrogen-bond donors (Lipinski definition) is 1. The second-order valence-electron chi connectivity index (χ2n) is 9.19. The molecular formula is C28H40ClN3O5S. The summed E-state index contributed by atoms with van der Waals surface area (Å²) in [5, 5.41) is 3.50. The zero-order chi connectivity index (χ0) is 28.3. The first kappa shape index (κ1) is 31.4. The second-order valence-corrected chi connectivity index (χ2v) is 11.5. The third kappa shape index (κ3) is 8.91. The zero-order valence-corrected chi connectivity index (χ0v) is 24.5. The summed E-state index contributed by atoms with van der Waals surface area (Å²) >= 11 is 6.39. The van der Waals surface area contributed by atoms with Crippen molar-refractivity contribution >= 4 is 39.1 Å². The Bertz CT molecular complexity index is 1170. The summed E-state index contributed by atoms with van der Waals surface area (Å²) in [6.45, 7) is 8.25. The third-order valence-electron chi connectivity index (χ3n) is 6.27. The summed E-state index contributed by atoms with van der Waals surface area (Å²) in [7, 11) is -3.64. The predicted molar refractivity (Wildman–Crippen MR) is 153 cm³/mol. The molecule has 210 valence electrons. The van der Waals surface area contributed by atoms with Crippen LogP contribution in [0.3, 0.4) is 0 Å². The Kier molecular flexibility index (Phi) is 12.4. The smallest absolute Gasteiger partial charge is 0.243 e. The van der Waals surface area contributed by atoms with E-state index >= 15 is 0 Å². The topological polar surface area (TPSA) is 96.0 Å². The van der Waals surface area contributed by atoms with Crippen LogP contribution in [0.15, 0.2) is 48.5 Å². The number of nitrogens with one attached hydrogen (secondary N) is 1. The van der Waals surface area contributed by atoms with E-state index in [1.807, 2.05) is 45.9 Å². The molecule has 10 heteroatoms. The van der Waals surface area contributed by atoms with Gasteiger partial charge in [-0.15, -0.1) is 0 Å². The molecule has 0 aliphatic carbocycles. The average Bonchev–Trinajstić information content (AvgIpc) is 2.87. The maximum absolute atomic E-state index is 13.6. The van der Waals surface area contributed by atoms with Crippen molar-refractivity contribution in [3.05, 3.63) is 59.1 Å². The number of anilines is 1. The van der Waals surface area contributed by atoms with Gasteiger partial charge in [0.1, 0.15) is 11.8 Å². The monoisotopic (exact) mass is 565 g/mol. The minimum atomic E-state index is -3.64. The molecule has 8 nitrogen and oxygen atoms in total. The van der Waals surface area contributed by atoms with Crippen molar-refractivity contribution in [1.29, 1.82) is 0 Å². The molecule has 0 spiro atoms. The number of carbonyl (C=O) groups excluding carboxylic acids is 2. The van der Waals surface area contributed by atoms with E-state index in [2.05, 4.69) is 5.32 Å². The highest BCUT2D eigenvalue weighted by atomic mass is 35.5. The van der Waals surface area contributed by atoms with Gasteiger partial charge >= 0.3 is 0 Å². The van der Waals surface area contributed by atoms with Gasteiger partial charge < -0.3 is 15.0 Å². The van der Waals surface area contributed by atoms with Crippen LogP contribution in [0.4, 0.5) is 5.69 Å². The molecule has 2 aromatic rings. The molecule has 2 amide bonds. The van der Waals surface area contributed by atoms with E-state index in [4.69, 9.17) is 16.3 Å². The number of benzene rings is 2. The number of halogens is 1. The van der Waals surface area contributed by atoms with Crippen LogP contribution in [0.1, 0.15) is 58.9 Å². The molecule has 38 heavy (non-hydrogen) atoms. The van der Waals surface area contributed by atoms with Crippen LogP contribution in [0.5, 0.6) is 5.75 Å². The summed E-state index contributed by atoms with van der Waals surface area (Å²) in [6, 6.07) is 13.4. The molecule has 0 fully saturated rings. The number of rotatable bonds is 15. The lowest BCUT2D eigenvalue weighted by atomic mass is 10.1. The molecule has 2 rings (SSSR count). The van der Waals surface area contributed by atoms with Crippen LogP contribution in [-0.2, 0) is 26.2 Å². The number of sulfonamides is 1. The predicted octanol–water partition coefficient (Wildman–Crippen LogP) is 5.01. The summed E-state index contributed by atoms with van der Waals surface area (Å²) in [6.07, 6.45) is 2.64. The van der Waals surface area contributed by atoms with Crippen molar-refractivity contribution in [3.63, 3.8) is 0 Å². The average molecular weight is 566 g/mol. The molecule has 0 aliphatic heterocycles. The van der Waals surface area contributed by atoms with Gasteiger partial charge in [-0.2, -0.15) is 0 Å². The SMILES string of the molecule is CCOc1ccccc1N(CCCC(=O)N(Cc1ccccc1Cl)C(CC)C(=O)NC(C)CC)S(C)(=O)=O. The highest BCUT2D eigenvalue weighted by Crippen LogP contribution is 2.30. The first-order valence-electron chi connectivity index (χ1n) is 13.1. The minimum Gasteiger partial charge on any atom is -0.492 e. The Morgan fingerprint density at radius 3 is 2.29 bits per heavy atom. The Labute approximate surface area is 232 Å². The Morgan fingerprint density at radius 2 is 1.68 bits per heavy atom. The molecule has 0 aromatic heterocycles. The van der Waals surface area contributed by atoms with E-state index in [0.29, 0.717) is 29.5 Å². The van der Waals surface area contributed by atoms with Gasteiger partial charge in [-0.1, -0.05) is 55.8 Å². The Hall–Kier alpha value is -2.78. The van der Waals surface area contributed by atoms with E-state index in [0.717, 1.165) is 18.2 Å². The summed E-state index contributed by atoms with van der Waals surface area (Å²) < 4.78 is 32.2. The first-order chi connectivity index (χ1) is 18.0. The van der Waals surface area contributed by atoms with Gasteiger partial charge in [-0.3, -0.25) is 13.9 Å². The Morgan fingerprint density at radius 1 is 1.03 bits per heavy atom. The van der Waals surface area contributed by atoms with Gasteiger partial charge in [-0.05, 0) is 56.9 Å². The molecule has 0 saturated carbocycles. The molecular weight excluding hydrogens is 526 g/mol. The van der Waals surface area contributed by atoms with Crippen molar-refractivity contribution < 1.29 is 22.7 Å². The van der Waals surface area contributed by atoms with E-state index in [1.165, 1.54) is 4.31 Å². The molecule has 2 unspecified atom stereocenters. The van der Waals surface area contributed by atoms with Gasteiger partial charge in [0, 0.05) is 30.6 Å². The summed E-state index contributed by atoms with van der Waals surface area (Å²) in [4.78, 5) is 28.2. The van der Waals surface area contributed by atoms with Gasteiger partial charge in [0.15, 0.2) is 0 Å². The Balaban J connectivity index is 2.27. The van der Waals surface area contributed by atoms with Crippen molar-refractivity contribution in [3.8, 4) is 5.75 Å². The van der Waals surface area contributed by atoms with Gasteiger partial charge in [0.2, 0.25) is 21.8 Å². The maximum Gasteiger partial charge on any atom is 0.243 e. The number of para-hydroxylation sites is 2. The third-order valence-corrected chi connectivity index (χ3v) is 7.82. The fourth-order valence-corrected chi connectivity index (χ4v) is 5.26. The molecule has 2 atom stereocenters. The number of hydrogen-bond acceptors (Lipinski definition) is 5. The van der Waals surface area contributed by atoms with Crippen LogP contribution < -0.4 is 14.4 Å². The van der Waals surface area contributed by atoms with Crippen LogP contribution in [-0.4, -0.2) is 56.6 Å². The van der Waals surface area contributed by atoms with E-state index in [1.54, 1.807) is 35.2 Å². The largest absolute Gasteiger partial charge is 0.492 e. The molecule has 1 N–H and O–H groups in total.